The van der Waals surface area contributed by atoms with Gasteiger partial charge in [0.05, 0.1) is 0 Å². The summed E-state index contributed by atoms with van der Waals surface area (Å²) in [5, 5.41) is 3.09. The molecular weight excluding hydrogens is 385 g/mol. The second kappa shape index (κ2) is 11.1. The molecule has 2 atom stereocenters. The molecule has 2 aliphatic carbocycles. The lowest BCUT2D eigenvalue weighted by molar-refractivity contribution is -0.122. The molecule has 2 fully saturated rings. The first kappa shape index (κ1) is 24.0. The van der Waals surface area contributed by atoms with Gasteiger partial charge in [-0.05, 0) is 63.7 Å². The van der Waals surface area contributed by atoms with E-state index in [2.05, 4.69) is 10.2 Å². The number of anilines is 1. The van der Waals surface area contributed by atoms with E-state index in [1.807, 2.05) is 38.4 Å². The van der Waals surface area contributed by atoms with Gasteiger partial charge in [-0.25, -0.2) is 0 Å². The van der Waals surface area contributed by atoms with Crippen LogP contribution in [-0.4, -0.2) is 44.1 Å². The fourth-order valence-electron chi connectivity index (χ4n) is 4.26. The molecule has 0 aromatic heterocycles. The Labute approximate surface area is 175 Å². The Morgan fingerprint density at radius 2 is 1.89 bits per heavy atom. The molecule has 7 heteroatoms. The summed E-state index contributed by atoms with van der Waals surface area (Å²) in [4.78, 5) is 14.8. The summed E-state index contributed by atoms with van der Waals surface area (Å²) >= 11 is 0. The Morgan fingerprint density at radius 3 is 2.52 bits per heavy atom. The maximum Gasteiger partial charge on any atom is 0.227 e. The van der Waals surface area contributed by atoms with Crippen molar-refractivity contribution in [1.29, 1.82) is 0 Å². The van der Waals surface area contributed by atoms with Crippen LogP contribution in [0.5, 0.6) is 5.75 Å². The van der Waals surface area contributed by atoms with Gasteiger partial charge in [-0.1, -0.05) is 12.5 Å². The average molecular weight is 418 g/mol. The lowest BCUT2D eigenvalue weighted by atomic mass is 9.65. The van der Waals surface area contributed by atoms with Crippen LogP contribution >= 0.6 is 24.8 Å². The van der Waals surface area contributed by atoms with E-state index in [0.29, 0.717) is 24.5 Å². The Balaban J connectivity index is 0.00000182. The standard InChI is InChI=1S/C20H31N3O2.2ClH/c1-23(2)9-10-25-18-8-4-7-17(13-18)22-20(24)16-11-14-5-3-6-15(12-16)19(14)21;;/h4,7-8,13-16,19H,3,5-6,9-12,21H2,1-2H3,(H,22,24);2*1H. The predicted octanol–water partition coefficient (Wildman–Crippen LogP) is 3.56. The maximum absolute atomic E-state index is 12.7. The van der Waals surface area contributed by atoms with Crippen LogP contribution in [0.4, 0.5) is 5.69 Å². The molecule has 27 heavy (non-hydrogen) atoms. The number of rotatable bonds is 6. The normalized spacial score (nSPS) is 26.5. The third-order valence-corrected chi connectivity index (χ3v) is 5.69. The van der Waals surface area contributed by atoms with Gasteiger partial charge in [-0.2, -0.15) is 0 Å². The molecule has 0 spiro atoms. The van der Waals surface area contributed by atoms with Gasteiger partial charge < -0.3 is 20.7 Å². The van der Waals surface area contributed by atoms with Gasteiger partial charge >= 0.3 is 0 Å². The van der Waals surface area contributed by atoms with Crippen molar-refractivity contribution in [2.75, 3.05) is 32.6 Å². The minimum Gasteiger partial charge on any atom is -0.492 e. The van der Waals surface area contributed by atoms with E-state index in [0.717, 1.165) is 30.8 Å². The molecule has 0 heterocycles. The zero-order valence-electron chi connectivity index (χ0n) is 16.2. The van der Waals surface area contributed by atoms with Crippen LogP contribution < -0.4 is 15.8 Å². The van der Waals surface area contributed by atoms with E-state index >= 15 is 0 Å². The molecule has 0 saturated heterocycles. The highest BCUT2D eigenvalue weighted by Crippen LogP contribution is 2.42. The van der Waals surface area contributed by atoms with Crippen LogP contribution in [0.25, 0.3) is 0 Å². The number of hydrogen-bond donors (Lipinski definition) is 2. The number of carbonyl (C=O) groups excluding carboxylic acids is 1. The van der Waals surface area contributed by atoms with Gasteiger partial charge in [0.1, 0.15) is 12.4 Å². The van der Waals surface area contributed by atoms with Crippen molar-refractivity contribution in [1.82, 2.24) is 4.90 Å². The Hall–Kier alpha value is -1.01. The van der Waals surface area contributed by atoms with Crippen molar-refractivity contribution in [3.8, 4) is 5.75 Å². The molecule has 2 bridgehead atoms. The summed E-state index contributed by atoms with van der Waals surface area (Å²) in [6.45, 7) is 1.50. The summed E-state index contributed by atoms with van der Waals surface area (Å²) in [6, 6.07) is 7.97. The van der Waals surface area contributed by atoms with E-state index in [-0.39, 0.29) is 36.6 Å². The van der Waals surface area contributed by atoms with Crippen molar-refractivity contribution in [2.24, 2.45) is 23.5 Å². The number of fused-ring (bicyclic) bond motifs is 2. The first-order valence-electron chi connectivity index (χ1n) is 9.47. The third-order valence-electron chi connectivity index (χ3n) is 5.69. The van der Waals surface area contributed by atoms with Gasteiger partial charge in [0.2, 0.25) is 5.91 Å². The molecule has 2 saturated carbocycles. The number of carbonyl (C=O) groups is 1. The summed E-state index contributed by atoms with van der Waals surface area (Å²) in [5.74, 6) is 2.05. The highest BCUT2D eigenvalue weighted by molar-refractivity contribution is 5.92. The fraction of sp³-hybridized carbons (Fsp3) is 0.650. The SMILES string of the molecule is CN(C)CCOc1cccc(NC(=O)C2CC3CCCC(C2)C3N)c1.Cl.Cl. The Bertz CT molecular complexity index is 586. The molecule has 3 N–H and O–H groups in total. The number of hydrogen-bond acceptors (Lipinski definition) is 4. The van der Waals surface area contributed by atoms with E-state index in [4.69, 9.17) is 10.5 Å². The Morgan fingerprint density at radius 1 is 1.22 bits per heavy atom. The van der Waals surface area contributed by atoms with Crippen LogP contribution in [0.1, 0.15) is 32.1 Å². The summed E-state index contributed by atoms with van der Waals surface area (Å²) in [5.41, 5.74) is 7.15. The van der Waals surface area contributed by atoms with Gasteiger partial charge in [0.15, 0.2) is 0 Å². The first-order chi connectivity index (χ1) is 12.0. The average Bonchev–Trinajstić information content (AvgIpc) is 2.54. The lowest BCUT2D eigenvalue weighted by Crippen LogP contribution is -2.48. The van der Waals surface area contributed by atoms with Crippen molar-refractivity contribution >= 4 is 36.4 Å². The zero-order valence-corrected chi connectivity index (χ0v) is 17.9. The Kier molecular flexibility index (Phi) is 9.88. The van der Waals surface area contributed by atoms with Crippen molar-refractivity contribution in [3.05, 3.63) is 24.3 Å². The van der Waals surface area contributed by atoms with Crippen molar-refractivity contribution < 1.29 is 9.53 Å². The smallest absolute Gasteiger partial charge is 0.227 e. The van der Waals surface area contributed by atoms with Crippen molar-refractivity contribution in [2.45, 2.75) is 38.1 Å². The van der Waals surface area contributed by atoms with E-state index < -0.39 is 0 Å². The van der Waals surface area contributed by atoms with Crippen LogP contribution in [0.2, 0.25) is 0 Å². The van der Waals surface area contributed by atoms with Gasteiger partial charge in [0, 0.05) is 30.3 Å². The molecular formula is C20H33Cl2N3O2. The topological polar surface area (TPSA) is 67.6 Å². The molecule has 1 aromatic carbocycles. The zero-order chi connectivity index (χ0) is 17.8. The second-order valence-electron chi connectivity index (χ2n) is 7.87. The quantitative estimate of drug-likeness (QED) is 0.741. The van der Waals surface area contributed by atoms with Gasteiger partial charge in [-0.3, -0.25) is 4.79 Å². The molecule has 5 nitrogen and oxygen atoms in total. The van der Waals surface area contributed by atoms with Crippen molar-refractivity contribution in [3.63, 3.8) is 0 Å². The number of amides is 1. The highest BCUT2D eigenvalue weighted by Gasteiger charge is 2.40. The number of benzene rings is 1. The monoisotopic (exact) mass is 417 g/mol. The molecule has 3 rings (SSSR count). The maximum atomic E-state index is 12.7. The molecule has 0 radical (unpaired) electrons. The van der Waals surface area contributed by atoms with Crippen LogP contribution in [0.15, 0.2) is 24.3 Å². The number of nitrogens with one attached hydrogen (secondary N) is 1. The number of halogens is 2. The molecule has 2 unspecified atom stereocenters. The molecule has 2 aliphatic rings. The minimum atomic E-state index is 0. The second-order valence-corrected chi connectivity index (χ2v) is 7.87. The summed E-state index contributed by atoms with van der Waals surface area (Å²) < 4.78 is 5.75. The fourth-order valence-corrected chi connectivity index (χ4v) is 4.26. The molecule has 1 amide bonds. The number of ether oxygens (including phenoxy) is 1. The van der Waals surface area contributed by atoms with Crippen LogP contribution in [0.3, 0.4) is 0 Å². The lowest BCUT2D eigenvalue weighted by Gasteiger charge is -2.43. The minimum absolute atomic E-state index is 0. The largest absolute Gasteiger partial charge is 0.492 e. The molecule has 1 aromatic rings. The van der Waals surface area contributed by atoms with Gasteiger partial charge in [0.25, 0.3) is 0 Å². The number of nitrogens with zero attached hydrogens (tertiary/aromatic N) is 1. The summed E-state index contributed by atoms with van der Waals surface area (Å²) in [6.07, 6.45) is 5.49. The van der Waals surface area contributed by atoms with E-state index in [1.165, 1.54) is 19.3 Å². The van der Waals surface area contributed by atoms with E-state index in [9.17, 15) is 4.79 Å². The molecule has 0 aliphatic heterocycles. The van der Waals surface area contributed by atoms with Crippen LogP contribution in [0, 0.1) is 17.8 Å². The van der Waals surface area contributed by atoms with Crippen LogP contribution in [-0.2, 0) is 4.79 Å². The van der Waals surface area contributed by atoms with Gasteiger partial charge in [-0.15, -0.1) is 24.8 Å². The predicted molar refractivity (Wildman–Crippen MR) is 115 cm³/mol. The number of likely N-dealkylation sites (N-methyl/N-ethyl adjacent to an activating group) is 1. The van der Waals surface area contributed by atoms with E-state index in [1.54, 1.807) is 0 Å². The first-order valence-corrected chi connectivity index (χ1v) is 9.47. The number of nitrogens with two attached hydrogens (primary N) is 1. The third kappa shape index (κ3) is 6.53. The summed E-state index contributed by atoms with van der Waals surface area (Å²) in [7, 11) is 4.04. The highest BCUT2D eigenvalue weighted by atomic mass is 35.5. The molecule has 154 valence electrons.